The molecule has 0 aliphatic rings. The number of nitriles is 1. The molecule has 0 heterocycles. The van der Waals surface area contributed by atoms with Crippen molar-refractivity contribution in [3.05, 3.63) is 23.8 Å². The minimum atomic E-state index is -1.62. The van der Waals surface area contributed by atoms with E-state index in [1.165, 1.54) is 19.2 Å². The van der Waals surface area contributed by atoms with Gasteiger partial charge < -0.3 is 14.8 Å². The van der Waals surface area contributed by atoms with Crippen molar-refractivity contribution in [2.45, 2.75) is 0 Å². The highest BCUT2D eigenvalue weighted by molar-refractivity contribution is 6.59. The van der Waals surface area contributed by atoms with Crippen LogP contribution in [0.3, 0.4) is 0 Å². The molecule has 0 saturated heterocycles. The quantitative estimate of drug-likeness (QED) is 0.582. The van der Waals surface area contributed by atoms with Crippen LogP contribution in [-0.2, 0) is 0 Å². The van der Waals surface area contributed by atoms with E-state index in [-0.39, 0.29) is 5.46 Å². The number of hydrogen-bond acceptors (Lipinski definition) is 4. The van der Waals surface area contributed by atoms with Gasteiger partial charge in [0.15, 0.2) is 0 Å². The Morgan fingerprint density at radius 2 is 2.15 bits per heavy atom. The summed E-state index contributed by atoms with van der Waals surface area (Å²) in [7, 11) is -0.198. The highest BCUT2D eigenvalue weighted by Crippen LogP contribution is 2.08. The maximum atomic E-state index is 8.92. The number of hydrogen-bond donors (Lipinski definition) is 2. The lowest BCUT2D eigenvalue weighted by Gasteiger charge is -2.06. The molecule has 1 aromatic carbocycles. The van der Waals surface area contributed by atoms with Gasteiger partial charge in [0, 0.05) is 5.46 Å². The zero-order valence-corrected chi connectivity index (χ0v) is 7.06. The fraction of sp³-hybridized carbons (Fsp3) is 0.125. The molecule has 0 aliphatic carbocycles. The van der Waals surface area contributed by atoms with Gasteiger partial charge in [0.2, 0.25) is 0 Å². The van der Waals surface area contributed by atoms with Crippen LogP contribution in [0.2, 0.25) is 0 Å². The molecule has 0 spiro atoms. The molecule has 0 aliphatic heterocycles. The Kier molecular flexibility index (Phi) is 2.90. The Bertz CT molecular complexity index is 346. The summed E-state index contributed by atoms with van der Waals surface area (Å²) in [6.45, 7) is 0. The van der Waals surface area contributed by atoms with Crippen LogP contribution >= 0.6 is 0 Å². The third-order valence-corrected chi connectivity index (χ3v) is 1.64. The minimum absolute atomic E-state index is 0.196. The summed E-state index contributed by atoms with van der Waals surface area (Å²) in [4.78, 5) is 0. The van der Waals surface area contributed by atoms with Crippen LogP contribution in [0.15, 0.2) is 18.2 Å². The Morgan fingerprint density at radius 1 is 1.46 bits per heavy atom. The minimum Gasteiger partial charge on any atom is -0.497 e. The Morgan fingerprint density at radius 3 is 2.62 bits per heavy atom. The molecule has 5 heteroatoms. The first-order chi connectivity index (χ1) is 6.19. The van der Waals surface area contributed by atoms with E-state index < -0.39 is 7.12 Å². The molecular formula is C8H8BNO3. The molecule has 1 aromatic rings. The molecule has 4 nitrogen and oxygen atoms in total. The van der Waals surface area contributed by atoms with Gasteiger partial charge in [-0.05, 0) is 18.2 Å². The lowest BCUT2D eigenvalue weighted by Crippen LogP contribution is -2.31. The summed E-state index contributed by atoms with van der Waals surface area (Å²) < 4.78 is 4.88. The van der Waals surface area contributed by atoms with Gasteiger partial charge in [-0.1, -0.05) is 0 Å². The van der Waals surface area contributed by atoms with Gasteiger partial charge in [0.05, 0.1) is 18.7 Å². The van der Waals surface area contributed by atoms with E-state index in [9.17, 15) is 0 Å². The maximum Gasteiger partial charge on any atom is 0.492 e. The van der Waals surface area contributed by atoms with Gasteiger partial charge in [0.1, 0.15) is 5.75 Å². The van der Waals surface area contributed by atoms with Crippen LogP contribution in [-0.4, -0.2) is 24.3 Å². The number of benzene rings is 1. The van der Waals surface area contributed by atoms with Crippen molar-refractivity contribution in [3.8, 4) is 11.8 Å². The first kappa shape index (κ1) is 9.58. The van der Waals surface area contributed by atoms with Crippen LogP contribution in [0.25, 0.3) is 0 Å². The van der Waals surface area contributed by atoms with Gasteiger partial charge in [0.25, 0.3) is 0 Å². The third-order valence-electron chi connectivity index (χ3n) is 1.64. The van der Waals surface area contributed by atoms with E-state index in [1.54, 1.807) is 6.07 Å². The van der Waals surface area contributed by atoms with Gasteiger partial charge in [-0.25, -0.2) is 0 Å². The van der Waals surface area contributed by atoms with E-state index in [2.05, 4.69) is 0 Å². The molecule has 0 fully saturated rings. The molecule has 0 unspecified atom stereocenters. The topological polar surface area (TPSA) is 73.5 Å². The predicted molar refractivity (Wildman–Crippen MR) is 47.5 cm³/mol. The second-order valence-corrected chi connectivity index (χ2v) is 2.44. The van der Waals surface area contributed by atoms with Crippen LogP contribution < -0.4 is 10.2 Å². The van der Waals surface area contributed by atoms with Gasteiger partial charge in [-0.15, -0.1) is 0 Å². The SMILES string of the molecule is COc1ccc(C#N)cc1B(O)O. The van der Waals surface area contributed by atoms with Crippen molar-refractivity contribution in [1.82, 2.24) is 0 Å². The summed E-state index contributed by atoms with van der Waals surface area (Å²) in [5.41, 5.74) is 0.561. The monoisotopic (exact) mass is 177 g/mol. The zero-order valence-electron chi connectivity index (χ0n) is 7.06. The van der Waals surface area contributed by atoms with Gasteiger partial charge in [-0.2, -0.15) is 5.26 Å². The predicted octanol–water partition coefficient (Wildman–Crippen LogP) is -0.753. The van der Waals surface area contributed by atoms with E-state index in [0.717, 1.165) is 0 Å². The van der Waals surface area contributed by atoms with Gasteiger partial charge >= 0.3 is 7.12 Å². The van der Waals surface area contributed by atoms with E-state index in [4.69, 9.17) is 20.0 Å². The molecule has 1 rings (SSSR count). The highest BCUT2D eigenvalue weighted by atomic mass is 16.5. The number of methoxy groups -OCH3 is 1. The largest absolute Gasteiger partial charge is 0.497 e. The van der Waals surface area contributed by atoms with E-state index >= 15 is 0 Å². The molecular weight excluding hydrogens is 169 g/mol. The fourth-order valence-electron chi connectivity index (χ4n) is 1.01. The first-order valence-corrected chi connectivity index (χ1v) is 3.63. The van der Waals surface area contributed by atoms with Crippen molar-refractivity contribution in [3.63, 3.8) is 0 Å². The second kappa shape index (κ2) is 3.94. The molecule has 0 saturated carbocycles. The van der Waals surface area contributed by atoms with Crippen molar-refractivity contribution in [1.29, 1.82) is 5.26 Å². The fourth-order valence-corrected chi connectivity index (χ4v) is 1.01. The lowest BCUT2D eigenvalue weighted by atomic mass is 9.79. The van der Waals surface area contributed by atoms with Crippen molar-refractivity contribution in [2.75, 3.05) is 7.11 Å². The summed E-state index contributed by atoms with van der Waals surface area (Å²) >= 11 is 0. The molecule has 0 aromatic heterocycles. The number of rotatable bonds is 2. The second-order valence-electron chi connectivity index (χ2n) is 2.44. The standard InChI is InChI=1S/C8H8BNO3/c1-13-8-3-2-6(5-10)4-7(8)9(11)12/h2-4,11-12H,1H3. The van der Waals surface area contributed by atoms with Crippen molar-refractivity contribution < 1.29 is 14.8 Å². The molecule has 0 atom stereocenters. The Labute approximate surface area is 76.1 Å². The summed E-state index contributed by atoms with van der Waals surface area (Å²) in [5, 5.41) is 26.4. The smallest absolute Gasteiger partial charge is 0.492 e. The molecule has 13 heavy (non-hydrogen) atoms. The van der Waals surface area contributed by atoms with E-state index in [0.29, 0.717) is 11.3 Å². The molecule has 66 valence electrons. The summed E-state index contributed by atoms with van der Waals surface area (Å²) in [5.74, 6) is 0.356. The zero-order chi connectivity index (χ0) is 9.84. The average Bonchev–Trinajstić information content (AvgIpc) is 2.16. The summed E-state index contributed by atoms with van der Waals surface area (Å²) in [6.07, 6.45) is 0. The average molecular weight is 177 g/mol. The van der Waals surface area contributed by atoms with Gasteiger partial charge in [-0.3, -0.25) is 0 Å². The number of ether oxygens (including phenoxy) is 1. The molecule has 2 N–H and O–H groups in total. The Hall–Kier alpha value is -1.51. The van der Waals surface area contributed by atoms with Crippen molar-refractivity contribution >= 4 is 12.6 Å². The Balaban J connectivity index is 3.20. The molecule has 0 amide bonds. The van der Waals surface area contributed by atoms with Crippen LogP contribution in [0, 0.1) is 11.3 Å². The molecule has 0 radical (unpaired) electrons. The normalized spacial score (nSPS) is 9.08. The number of nitrogens with zero attached hydrogens (tertiary/aromatic N) is 1. The third kappa shape index (κ3) is 1.99. The highest BCUT2D eigenvalue weighted by Gasteiger charge is 2.17. The summed E-state index contributed by atoms with van der Waals surface area (Å²) in [6, 6.07) is 6.34. The van der Waals surface area contributed by atoms with Crippen LogP contribution in [0.1, 0.15) is 5.56 Å². The van der Waals surface area contributed by atoms with E-state index in [1.807, 2.05) is 6.07 Å². The van der Waals surface area contributed by atoms with Crippen molar-refractivity contribution in [2.24, 2.45) is 0 Å². The van der Waals surface area contributed by atoms with Crippen LogP contribution in [0.4, 0.5) is 0 Å². The van der Waals surface area contributed by atoms with Crippen LogP contribution in [0.5, 0.6) is 5.75 Å². The molecule has 0 bridgehead atoms. The first-order valence-electron chi connectivity index (χ1n) is 3.63. The maximum absolute atomic E-state index is 8.92. The lowest BCUT2D eigenvalue weighted by molar-refractivity contribution is 0.403.